The lowest BCUT2D eigenvalue weighted by molar-refractivity contribution is 0.497. The third kappa shape index (κ3) is 1.56. The first-order valence-electron chi connectivity index (χ1n) is 7.07. The second-order valence-electron chi connectivity index (χ2n) is 5.49. The molecule has 0 bridgehead atoms. The Hall–Kier alpha value is -3.39. The lowest BCUT2D eigenvalue weighted by atomic mass is 10.0. The minimum absolute atomic E-state index is 0.0973. The number of benzene rings is 2. The maximum absolute atomic E-state index is 12.9. The molecule has 0 aliphatic rings. The molecule has 0 spiro atoms. The summed E-state index contributed by atoms with van der Waals surface area (Å²) in [7, 11) is 0. The van der Waals surface area contributed by atoms with Gasteiger partial charge in [0.15, 0.2) is 5.43 Å². The molecule has 0 aliphatic heterocycles. The van der Waals surface area contributed by atoms with E-state index >= 15 is 0 Å². The smallest absolute Gasteiger partial charge is 0.348 e. The quantitative estimate of drug-likeness (QED) is 0.385. The molecule has 0 fully saturated rings. The van der Waals surface area contributed by atoms with Crippen LogP contribution in [0.2, 0.25) is 0 Å². The summed E-state index contributed by atoms with van der Waals surface area (Å²) in [5.41, 5.74) is -4.58. The molecular weight excluding hydrogens is 348 g/mol. The first-order valence-corrected chi connectivity index (χ1v) is 7.89. The largest absolute Gasteiger partial charge is 0.386 e. The van der Waals surface area contributed by atoms with Crippen LogP contribution in [0.5, 0.6) is 0 Å². The third-order valence-corrected chi connectivity index (χ3v) is 5.40. The van der Waals surface area contributed by atoms with Crippen molar-refractivity contribution in [1.29, 1.82) is 0 Å². The summed E-state index contributed by atoms with van der Waals surface area (Å²) in [6.45, 7) is 0. The van der Waals surface area contributed by atoms with E-state index < -0.39 is 27.9 Å². The van der Waals surface area contributed by atoms with Crippen molar-refractivity contribution in [2.75, 3.05) is 0 Å². The predicted molar refractivity (Wildman–Crippen MR) is 92.6 cm³/mol. The molecule has 0 amide bonds. The first-order chi connectivity index (χ1) is 12.0. The number of furan rings is 2. The van der Waals surface area contributed by atoms with E-state index in [0.717, 1.165) is 11.3 Å². The molecule has 0 saturated carbocycles. The Kier molecular flexibility index (Phi) is 2.44. The van der Waals surface area contributed by atoms with Crippen LogP contribution in [0.15, 0.2) is 57.1 Å². The van der Waals surface area contributed by atoms with Crippen molar-refractivity contribution < 1.29 is 8.83 Å². The highest BCUT2D eigenvalue weighted by molar-refractivity contribution is 7.25. The van der Waals surface area contributed by atoms with Crippen LogP contribution >= 0.6 is 11.3 Å². The molecule has 5 rings (SSSR count). The van der Waals surface area contributed by atoms with Gasteiger partial charge in [-0.1, -0.05) is 12.1 Å². The number of hydrogen-bond donors (Lipinski definition) is 0. The Labute approximate surface area is 138 Å². The van der Waals surface area contributed by atoms with Crippen LogP contribution in [0.3, 0.4) is 0 Å². The summed E-state index contributed by atoms with van der Waals surface area (Å²) >= 11 is 1.07. The van der Waals surface area contributed by atoms with Gasteiger partial charge in [-0.3, -0.25) is 4.79 Å². The molecule has 0 radical (unpaired) electrons. The third-order valence-electron chi connectivity index (χ3n) is 4.21. The summed E-state index contributed by atoms with van der Waals surface area (Å²) in [5, 5.41) is -0.889. The molecule has 7 nitrogen and oxygen atoms in total. The summed E-state index contributed by atoms with van der Waals surface area (Å²) in [6, 6.07) is 6.65. The van der Waals surface area contributed by atoms with Crippen LogP contribution in [-0.4, -0.2) is 0 Å². The summed E-state index contributed by atoms with van der Waals surface area (Å²) in [6.07, 6.45) is 0. The Balaban J connectivity index is 2.39. The Morgan fingerprint density at radius 3 is 1.84 bits per heavy atom. The normalized spacial score (nSPS) is 12.0. The monoisotopic (exact) mass is 352 g/mol. The van der Waals surface area contributed by atoms with E-state index in [4.69, 9.17) is 0 Å². The minimum Gasteiger partial charge on any atom is -0.386 e. The summed E-state index contributed by atoms with van der Waals surface area (Å²) < 4.78 is 9.91. The fourth-order valence-electron chi connectivity index (χ4n) is 3.21. The molecule has 0 aliphatic carbocycles. The maximum Gasteiger partial charge on any atom is 0.348 e. The molecule has 0 saturated heterocycles. The highest BCUT2D eigenvalue weighted by Crippen LogP contribution is 2.33. The van der Waals surface area contributed by atoms with Crippen LogP contribution in [-0.2, 0) is 0 Å². The first kappa shape index (κ1) is 14.0. The molecule has 120 valence electrons. The van der Waals surface area contributed by atoms with Crippen LogP contribution in [0, 0.1) is 0 Å². The summed E-state index contributed by atoms with van der Waals surface area (Å²) in [5.74, 6) is 0. The second kappa shape index (κ2) is 4.37. The van der Waals surface area contributed by atoms with E-state index in [-0.39, 0.29) is 31.6 Å². The van der Waals surface area contributed by atoms with Crippen molar-refractivity contribution in [1.82, 2.24) is 0 Å². The Bertz CT molecular complexity index is 1640. The van der Waals surface area contributed by atoms with Gasteiger partial charge in [-0.15, -0.1) is 11.3 Å². The van der Waals surface area contributed by atoms with Crippen molar-refractivity contribution in [3.05, 3.63) is 76.2 Å². The van der Waals surface area contributed by atoms with Gasteiger partial charge in [-0.2, -0.15) is 0 Å². The fraction of sp³-hybridized carbons (Fsp3) is 0. The average Bonchev–Trinajstić information content (AvgIpc) is 3.04. The van der Waals surface area contributed by atoms with E-state index in [1.165, 1.54) is 0 Å². The molecule has 3 aromatic heterocycles. The van der Waals surface area contributed by atoms with Crippen molar-refractivity contribution in [3.63, 3.8) is 0 Å². The van der Waals surface area contributed by atoms with Gasteiger partial charge in [0, 0.05) is 10.1 Å². The van der Waals surface area contributed by atoms with E-state index in [2.05, 4.69) is 8.83 Å². The summed E-state index contributed by atoms with van der Waals surface area (Å²) in [4.78, 5) is 61.3. The van der Waals surface area contributed by atoms with E-state index in [9.17, 15) is 24.0 Å². The molecule has 0 unspecified atom stereocenters. The molecular formula is C17H4O7S. The van der Waals surface area contributed by atoms with Gasteiger partial charge >= 0.3 is 22.5 Å². The van der Waals surface area contributed by atoms with Gasteiger partial charge in [-0.05, 0) is 12.1 Å². The van der Waals surface area contributed by atoms with Crippen molar-refractivity contribution in [3.8, 4) is 0 Å². The van der Waals surface area contributed by atoms with Crippen LogP contribution in [0.4, 0.5) is 0 Å². The van der Waals surface area contributed by atoms with Gasteiger partial charge in [0.2, 0.25) is 0 Å². The predicted octanol–water partition coefficient (Wildman–Crippen LogP) is 1.22. The van der Waals surface area contributed by atoms with E-state index in [1.54, 1.807) is 24.3 Å². The van der Waals surface area contributed by atoms with E-state index in [1.807, 2.05) is 0 Å². The van der Waals surface area contributed by atoms with Crippen LogP contribution < -0.4 is 27.9 Å². The van der Waals surface area contributed by atoms with Gasteiger partial charge < -0.3 is 8.83 Å². The topological polar surface area (TPSA) is 112 Å². The maximum atomic E-state index is 12.9. The highest BCUT2D eigenvalue weighted by atomic mass is 32.1. The van der Waals surface area contributed by atoms with Gasteiger partial charge in [0.1, 0.15) is 0 Å². The van der Waals surface area contributed by atoms with E-state index in [0.29, 0.717) is 10.1 Å². The van der Waals surface area contributed by atoms with Gasteiger partial charge in [0.05, 0.1) is 31.6 Å². The zero-order chi connectivity index (χ0) is 17.5. The molecule has 0 N–H and O–H groups in total. The van der Waals surface area contributed by atoms with Crippen LogP contribution in [0.25, 0.3) is 41.7 Å². The SMILES string of the molecule is O=c1oc(=O)c2c1c1sc3ccccc3c(=O)c1c1c(=O)oc(=O)c21. The van der Waals surface area contributed by atoms with Crippen molar-refractivity contribution >= 4 is 53.1 Å². The van der Waals surface area contributed by atoms with Gasteiger partial charge in [-0.25, -0.2) is 19.2 Å². The fourth-order valence-corrected chi connectivity index (χ4v) is 4.43. The number of fused-ring (bicyclic) bond motifs is 7. The zero-order valence-electron chi connectivity index (χ0n) is 12.1. The number of hydrogen-bond acceptors (Lipinski definition) is 8. The Morgan fingerprint density at radius 2 is 1.16 bits per heavy atom. The lowest BCUT2D eigenvalue weighted by Gasteiger charge is -2.02. The molecule has 3 heterocycles. The molecule has 5 aromatic rings. The van der Waals surface area contributed by atoms with Crippen molar-refractivity contribution in [2.45, 2.75) is 0 Å². The second-order valence-corrected chi connectivity index (χ2v) is 6.54. The Morgan fingerprint density at radius 1 is 0.640 bits per heavy atom. The molecule has 25 heavy (non-hydrogen) atoms. The van der Waals surface area contributed by atoms with Crippen molar-refractivity contribution in [2.24, 2.45) is 0 Å². The average molecular weight is 352 g/mol. The minimum atomic E-state index is -1.07. The highest BCUT2D eigenvalue weighted by Gasteiger charge is 2.26. The number of rotatable bonds is 0. The standard InChI is InChI=1S/C17H4O7S/c18-12-5-3-1-2-4-6(5)25-13-10(12)8-7(14(19)23-15(8)20)9-11(13)17(22)24-16(9)21/h1-4H. The molecule has 0 atom stereocenters. The zero-order valence-corrected chi connectivity index (χ0v) is 12.9. The van der Waals surface area contributed by atoms with Gasteiger partial charge in [0.25, 0.3) is 0 Å². The van der Waals surface area contributed by atoms with Crippen LogP contribution in [0.1, 0.15) is 0 Å². The molecule has 2 aromatic carbocycles. The molecule has 8 heteroatoms. The lowest BCUT2D eigenvalue weighted by Crippen LogP contribution is -2.07.